The Kier molecular flexibility index (Phi) is 8.08. The van der Waals surface area contributed by atoms with Crippen LogP contribution in [0.25, 0.3) is 11.2 Å². The molecule has 1 amide bonds. The molecule has 0 aliphatic carbocycles. The Labute approximate surface area is 226 Å². The van der Waals surface area contributed by atoms with Crippen molar-refractivity contribution < 1.29 is 14.3 Å². The van der Waals surface area contributed by atoms with Gasteiger partial charge in [0.05, 0.1) is 6.54 Å². The number of aromatic nitrogens is 4. The largest absolute Gasteiger partial charge is 0.444 e. The average Bonchev–Trinajstić information content (AvgIpc) is 3.23. The van der Waals surface area contributed by atoms with E-state index in [9.17, 15) is 19.2 Å². The molecule has 1 saturated heterocycles. The number of rotatable bonds is 7. The number of benzene rings is 1. The Balaban J connectivity index is 1.70. The number of nitrogens with one attached hydrogen (secondary N) is 2. The standard InChI is InChI=1S/C28H36N6O5/c1-18(2)13-15-33-22-23(31-26(37)34(24(22)36)17-21(35)19-10-7-6-8-11-19)30-25(33)32-14-9-12-20(16-32)29-27(38)39-28(3,4)5/h6-8,10-11,13,20H,9,12,14-17H2,1-5H3,(H,29,38)(H,31,37). The van der Waals surface area contributed by atoms with Crippen LogP contribution < -0.4 is 21.5 Å². The number of amides is 1. The molecule has 0 spiro atoms. The maximum Gasteiger partial charge on any atom is 0.407 e. The first kappa shape index (κ1) is 27.9. The summed E-state index contributed by atoms with van der Waals surface area (Å²) < 4.78 is 8.10. The van der Waals surface area contributed by atoms with Crippen molar-refractivity contribution in [1.29, 1.82) is 0 Å². The summed E-state index contributed by atoms with van der Waals surface area (Å²) in [6, 6.07) is 8.37. The van der Waals surface area contributed by atoms with Gasteiger partial charge in [-0.2, -0.15) is 4.98 Å². The molecule has 1 unspecified atom stereocenters. The number of H-pyrrole nitrogens is 1. The number of piperidine rings is 1. The van der Waals surface area contributed by atoms with Crippen molar-refractivity contribution in [2.45, 2.75) is 72.2 Å². The van der Waals surface area contributed by atoms with E-state index in [1.165, 1.54) is 0 Å². The van der Waals surface area contributed by atoms with Crippen LogP contribution in [0.5, 0.6) is 0 Å². The highest BCUT2D eigenvalue weighted by atomic mass is 16.6. The summed E-state index contributed by atoms with van der Waals surface area (Å²) in [6.07, 6.45) is 3.05. The molecule has 208 valence electrons. The molecular formula is C28H36N6O5. The van der Waals surface area contributed by atoms with E-state index >= 15 is 0 Å². The van der Waals surface area contributed by atoms with E-state index in [1.807, 2.05) is 45.6 Å². The molecule has 1 aliphatic rings. The number of nitrogens with zero attached hydrogens (tertiary/aromatic N) is 4. The topological polar surface area (TPSA) is 131 Å². The lowest BCUT2D eigenvalue weighted by molar-refractivity contribution is 0.0499. The van der Waals surface area contributed by atoms with E-state index in [0.29, 0.717) is 31.1 Å². The molecule has 39 heavy (non-hydrogen) atoms. The quantitative estimate of drug-likeness (QED) is 0.350. The van der Waals surface area contributed by atoms with Gasteiger partial charge in [-0.05, 0) is 47.5 Å². The number of ketones is 1. The zero-order chi connectivity index (χ0) is 28.3. The van der Waals surface area contributed by atoms with Crippen LogP contribution in [0.15, 0.2) is 51.6 Å². The molecule has 0 saturated carbocycles. The van der Waals surface area contributed by atoms with Crippen LogP contribution >= 0.6 is 0 Å². The Bertz CT molecular complexity index is 1510. The Morgan fingerprint density at radius 1 is 1.15 bits per heavy atom. The number of aromatic amines is 1. The lowest BCUT2D eigenvalue weighted by Crippen LogP contribution is -2.49. The van der Waals surface area contributed by atoms with E-state index in [1.54, 1.807) is 34.9 Å². The van der Waals surface area contributed by atoms with Crippen LogP contribution in [-0.2, 0) is 17.8 Å². The minimum absolute atomic E-state index is 0.160. The first-order valence-electron chi connectivity index (χ1n) is 13.1. The molecule has 1 atom stereocenters. The van der Waals surface area contributed by atoms with Gasteiger partial charge in [0.2, 0.25) is 5.95 Å². The van der Waals surface area contributed by atoms with Crippen molar-refractivity contribution in [3.8, 4) is 0 Å². The summed E-state index contributed by atoms with van der Waals surface area (Å²) in [5.41, 5.74) is -0.0465. The number of hydrogen-bond donors (Lipinski definition) is 2. The third kappa shape index (κ3) is 6.65. The third-order valence-electron chi connectivity index (χ3n) is 6.37. The van der Waals surface area contributed by atoms with E-state index in [0.717, 1.165) is 23.0 Å². The molecule has 2 aromatic heterocycles. The van der Waals surface area contributed by atoms with Gasteiger partial charge in [0.15, 0.2) is 16.9 Å². The summed E-state index contributed by atoms with van der Waals surface area (Å²) in [5.74, 6) is 0.170. The van der Waals surface area contributed by atoms with Crippen LogP contribution in [0.3, 0.4) is 0 Å². The minimum atomic E-state index is -0.696. The number of allylic oxidation sites excluding steroid dienone is 2. The zero-order valence-electron chi connectivity index (χ0n) is 23.1. The van der Waals surface area contributed by atoms with Crippen molar-refractivity contribution in [3.05, 3.63) is 68.4 Å². The normalized spacial score (nSPS) is 15.7. The second-order valence-corrected chi connectivity index (χ2v) is 11.0. The van der Waals surface area contributed by atoms with Crippen LogP contribution in [-0.4, -0.2) is 55.7 Å². The Morgan fingerprint density at radius 3 is 2.54 bits per heavy atom. The van der Waals surface area contributed by atoms with Gasteiger partial charge in [-0.1, -0.05) is 42.0 Å². The van der Waals surface area contributed by atoms with Crippen LogP contribution in [0.1, 0.15) is 57.8 Å². The van der Waals surface area contributed by atoms with Crippen molar-refractivity contribution in [3.63, 3.8) is 0 Å². The summed E-state index contributed by atoms with van der Waals surface area (Å²) >= 11 is 0. The molecule has 1 aliphatic heterocycles. The highest BCUT2D eigenvalue weighted by Crippen LogP contribution is 2.23. The molecule has 1 fully saturated rings. The molecule has 3 aromatic rings. The molecule has 4 rings (SSSR count). The number of carbonyl (C=O) groups is 2. The number of ether oxygens (including phenoxy) is 1. The SMILES string of the molecule is CC(C)=CCn1c(N2CCCC(NC(=O)OC(C)(C)C)C2)nc2[nH]c(=O)n(CC(=O)c3ccccc3)c(=O)c21. The lowest BCUT2D eigenvalue weighted by atomic mass is 10.1. The van der Waals surface area contributed by atoms with Gasteiger partial charge < -0.3 is 19.5 Å². The second kappa shape index (κ2) is 11.3. The summed E-state index contributed by atoms with van der Waals surface area (Å²) in [4.78, 5) is 61.1. The van der Waals surface area contributed by atoms with Crippen LogP contribution in [0.2, 0.25) is 0 Å². The van der Waals surface area contributed by atoms with E-state index in [2.05, 4.69) is 15.3 Å². The van der Waals surface area contributed by atoms with Crippen molar-refractivity contribution in [1.82, 2.24) is 24.4 Å². The molecule has 1 aromatic carbocycles. The molecule has 11 heteroatoms. The molecule has 0 radical (unpaired) electrons. The monoisotopic (exact) mass is 536 g/mol. The number of Topliss-reactive ketones (excluding diaryl/α,β-unsaturated/α-hetero) is 1. The summed E-state index contributed by atoms with van der Waals surface area (Å²) in [7, 11) is 0. The second-order valence-electron chi connectivity index (χ2n) is 11.0. The highest BCUT2D eigenvalue weighted by molar-refractivity contribution is 5.95. The molecule has 0 bridgehead atoms. The van der Waals surface area contributed by atoms with Gasteiger partial charge in [-0.3, -0.25) is 19.1 Å². The first-order valence-corrected chi connectivity index (χ1v) is 13.1. The van der Waals surface area contributed by atoms with E-state index in [4.69, 9.17) is 4.74 Å². The summed E-state index contributed by atoms with van der Waals surface area (Å²) in [6.45, 7) is 10.4. The van der Waals surface area contributed by atoms with Gasteiger partial charge >= 0.3 is 11.8 Å². The van der Waals surface area contributed by atoms with Gasteiger partial charge in [0, 0.05) is 31.2 Å². The van der Waals surface area contributed by atoms with Gasteiger partial charge in [-0.15, -0.1) is 0 Å². The molecule has 11 nitrogen and oxygen atoms in total. The highest BCUT2D eigenvalue weighted by Gasteiger charge is 2.28. The average molecular weight is 537 g/mol. The Hall–Kier alpha value is -4.15. The maximum atomic E-state index is 13.6. The molecule has 3 heterocycles. The number of hydrogen-bond acceptors (Lipinski definition) is 7. The fourth-order valence-corrected chi connectivity index (χ4v) is 4.58. The van der Waals surface area contributed by atoms with Crippen molar-refractivity contribution >= 4 is 29.0 Å². The fourth-order valence-electron chi connectivity index (χ4n) is 4.58. The fraction of sp³-hybridized carbons (Fsp3) is 0.464. The van der Waals surface area contributed by atoms with Crippen LogP contribution in [0.4, 0.5) is 10.7 Å². The lowest BCUT2D eigenvalue weighted by Gasteiger charge is -2.34. The smallest absolute Gasteiger partial charge is 0.407 e. The van der Waals surface area contributed by atoms with Crippen LogP contribution in [0, 0.1) is 0 Å². The predicted octanol–water partition coefficient (Wildman–Crippen LogP) is 3.23. The van der Waals surface area contributed by atoms with E-state index < -0.39 is 22.9 Å². The van der Waals surface area contributed by atoms with Crippen molar-refractivity contribution in [2.75, 3.05) is 18.0 Å². The Morgan fingerprint density at radius 2 is 1.87 bits per heavy atom. The molecular weight excluding hydrogens is 500 g/mol. The van der Waals surface area contributed by atoms with Gasteiger partial charge in [0.25, 0.3) is 5.56 Å². The third-order valence-corrected chi connectivity index (χ3v) is 6.37. The number of alkyl carbamates (subject to hydrolysis) is 1. The summed E-state index contributed by atoms with van der Waals surface area (Å²) in [5, 5.41) is 2.93. The number of anilines is 1. The number of carbonyl (C=O) groups excluding carboxylic acids is 2. The van der Waals surface area contributed by atoms with Crippen molar-refractivity contribution in [2.24, 2.45) is 0 Å². The molecule has 2 N–H and O–H groups in total. The van der Waals surface area contributed by atoms with Gasteiger partial charge in [-0.25, -0.2) is 9.59 Å². The van der Waals surface area contributed by atoms with E-state index in [-0.39, 0.29) is 29.5 Å². The number of fused-ring (bicyclic) bond motifs is 1. The predicted molar refractivity (Wildman–Crippen MR) is 149 cm³/mol. The maximum absolute atomic E-state index is 13.6. The first-order chi connectivity index (χ1) is 18.4. The zero-order valence-corrected chi connectivity index (χ0v) is 23.1. The number of imidazole rings is 1. The van der Waals surface area contributed by atoms with Gasteiger partial charge in [0.1, 0.15) is 5.60 Å². The minimum Gasteiger partial charge on any atom is -0.444 e.